The summed E-state index contributed by atoms with van der Waals surface area (Å²) in [6.45, 7) is 7.17. The molecule has 18 heavy (non-hydrogen) atoms. The lowest BCUT2D eigenvalue weighted by Crippen LogP contribution is -2.21. The molecule has 96 valence electrons. The zero-order valence-corrected chi connectivity index (χ0v) is 11.7. The van der Waals surface area contributed by atoms with Crippen LogP contribution in [-0.2, 0) is 6.54 Å². The molecule has 3 nitrogen and oxygen atoms in total. The number of aromatic hydroxyl groups is 1. The second kappa shape index (κ2) is 5.50. The topological polar surface area (TPSA) is 45.2 Å². The van der Waals surface area contributed by atoms with Crippen molar-refractivity contribution in [3.8, 4) is 16.3 Å². The predicted octanol–water partition coefficient (Wildman–Crippen LogP) is 3.32. The summed E-state index contributed by atoms with van der Waals surface area (Å²) in [5.41, 5.74) is 2.13. The van der Waals surface area contributed by atoms with Gasteiger partial charge in [-0.3, -0.25) is 0 Å². The zero-order valence-electron chi connectivity index (χ0n) is 10.9. The van der Waals surface area contributed by atoms with Gasteiger partial charge in [-0.1, -0.05) is 13.8 Å². The van der Waals surface area contributed by atoms with E-state index >= 15 is 0 Å². The van der Waals surface area contributed by atoms with E-state index in [2.05, 4.69) is 24.1 Å². The molecule has 0 aliphatic heterocycles. The number of hydrogen-bond acceptors (Lipinski definition) is 4. The molecule has 0 radical (unpaired) electrons. The fraction of sp³-hybridized carbons (Fsp3) is 0.357. The molecule has 4 heteroatoms. The molecule has 1 heterocycles. The van der Waals surface area contributed by atoms with E-state index in [9.17, 15) is 5.11 Å². The van der Waals surface area contributed by atoms with Crippen molar-refractivity contribution in [2.75, 3.05) is 0 Å². The largest absolute Gasteiger partial charge is 0.508 e. The predicted molar refractivity (Wildman–Crippen MR) is 75.9 cm³/mol. The van der Waals surface area contributed by atoms with Gasteiger partial charge in [-0.25, -0.2) is 4.98 Å². The van der Waals surface area contributed by atoms with Crippen LogP contribution < -0.4 is 5.32 Å². The Morgan fingerprint density at radius 2 is 1.94 bits per heavy atom. The lowest BCUT2D eigenvalue weighted by atomic mass is 10.2. The van der Waals surface area contributed by atoms with Gasteiger partial charge in [-0.05, 0) is 31.2 Å². The minimum atomic E-state index is 0.286. The highest BCUT2D eigenvalue weighted by molar-refractivity contribution is 7.15. The zero-order chi connectivity index (χ0) is 13.1. The highest BCUT2D eigenvalue weighted by atomic mass is 32.1. The number of thiazole rings is 1. The molecule has 2 N–H and O–H groups in total. The Morgan fingerprint density at radius 1 is 1.28 bits per heavy atom. The molecule has 1 aromatic carbocycles. The average Bonchev–Trinajstić information content (AvgIpc) is 2.69. The summed E-state index contributed by atoms with van der Waals surface area (Å²) in [6, 6.07) is 7.65. The fourth-order valence-electron chi connectivity index (χ4n) is 1.62. The van der Waals surface area contributed by atoms with Crippen molar-refractivity contribution in [2.45, 2.75) is 33.4 Å². The van der Waals surface area contributed by atoms with Crippen molar-refractivity contribution >= 4 is 11.3 Å². The van der Waals surface area contributed by atoms with E-state index < -0.39 is 0 Å². The molecule has 0 aliphatic carbocycles. The van der Waals surface area contributed by atoms with Gasteiger partial charge in [-0.2, -0.15) is 0 Å². The van der Waals surface area contributed by atoms with Gasteiger partial charge >= 0.3 is 0 Å². The van der Waals surface area contributed by atoms with Crippen LogP contribution in [0.1, 0.15) is 24.4 Å². The number of nitrogens with one attached hydrogen (secondary N) is 1. The van der Waals surface area contributed by atoms with E-state index in [1.807, 2.05) is 19.1 Å². The Balaban J connectivity index is 2.20. The molecule has 2 rings (SSSR count). The third kappa shape index (κ3) is 3.09. The fourth-order valence-corrected chi connectivity index (χ4v) is 2.64. The van der Waals surface area contributed by atoms with E-state index in [1.54, 1.807) is 23.5 Å². The number of nitrogens with zero attached hydrogens (tertiary/aromatic N) is 1. The Morgan fingerprint density at radius 3 is 2.56 bits per heavy atom. The maximum absolute atomic E-state index is 9.28. The van der Waals surface area contributed by atoms with Crippen LogP contribution >= 0.6 is 11.3 Å². The molecule has 0 fully saturated rings. The molecule has 1 aromatic heterocycles. The van der Waals surface area contributed by atoms with Crippen molar-refractivity contribution in [1.82, 2.24) is 10.3 Å². The van der Waals surface area contributed by atoms with E-state index in [4.69, 9.17) is 0 Å². The Kier molecular flexibility index (Phi) is 3.99. The van der Waals surface area contributed by atoms with E-state index in [-0.39, 0.29) is 5.75 Å². The molecule has 0 unspecified atom stereocenters. The van der Waals surface area contributed by atoms with Crippen molar-refractivity contribution < 1.29 is 5.11 Å². The Bertz CT molecular complexity index is 517. The maximum atomic E-state index is 9.28. The first-order valence-corrected chi connectivity index (χ1v) is 6.87. The standard InChI is InChI=1S/C14H18N2OS/c1-9(2)15-8-13-10(3)16-14(18-13)11-4-6-12(17)7-5-11/h4-7,9,15,17H,8H2,1-3H3. The van der Waals surface area contributed by atoms with Crippen LogP contribution in [0.2, 0.25) is 0 Å². The van der Waals surface area contributed by atoms with Crippen LogP contribution in [0, 0.1) is 6.92 Å². The molecule has 0 amide bonds. The van der Waals surface area contributed by atoms with Crippen LogP contribution in [0.25, 0.3) is 10.6 Å². The molecule has 0 aliphatic rings. The Labute approximate surface area is 112 Å². The SMILES string of the molecule is Cc1nc(-c2ccc(O)cc2)sc1CNC(C)C. The van der Waals surface area contributed by atoms with Crippen LogP contribution in [0.3, 0.4) is 0 Å². The maximum Gasteiger partial charge on any atom is 0.123 e. The van der Waals surface area contributed by atoms with Crippen LogP contribution in [0.4, 0.5) is 0 Å². The lowest BCUT2D eigenvalue weighted by Gasteiger charge is -2.05. The number of hydrogen-bond donors (Lipinski definition) is 2. The van der Waals surface area contributed by atoms with Gasteiger partial charge in [0.1, 0.15) is 10.8 Å². The first-order chi connectivity index (χ1) is 8.56. The monoisotopic (exact) mass is 262 g/mol. The lowest BCUT2D eigenvalue weighted by molar-refractivity contribution is 0.475. The number of phenols is 1. The van der Waals surface area contributed by atoms with E-state index in [0.717, 1.165) is 22.8 Å². The second-order valence-electron chi connectivity index (χ2n) is 4.61. The summed E-state index contributed by atoms with van der Waals surface area (Å²) in [5.74, 6) is 0.286. The highest BCUT2D eigenvalue weighted by Crippen LogP contribution is 2.28. The summed E-state index contributed by atoms with van der Waals surface area (Å²) in [6.07, 6.45) is 0. The van der Waals surface area contributed by atoms with Gasteiger partial charge in [0, 0.05) is 23.0 Å². The molecule has 0 bridgehead atoms. The number of aryl methyl sites for hydroxylation is 1. The van der Waals surface area contributed by atoms with Crippen LogP contribution in [-0.4, -0.2) is 16.1 Å². The highest BCUT2D eigenvalue weighted by Gasteiger charge is 2.09. The minimum Gasteiger partial charge on any atom is -0.508 e. The van der Waals surface area contributed by atoms with Gasteiger partial charge in [-0.15, -0.1) is 11.3 Å². The molecular formula is C14H18N2OS. The Hall–Kier alpha value is -1.39. The van der Waals surface area contributed by atoms with Crippen molar-refractivity contribution in [2.24, 2.45) is 0 Å². The normalized spacial score (nSPS) is 11.1. The molecule has 0 spiro atoms. The minimum absolute atomic E-state index is 0.286. The summed E-state index contributed by atoms with van der Waals surface area (Å²) < 4.78 is 0. The van der Waals surface area contributed by atoms with E-state index in [0.29, 0.717) is 6.04 Å². The van der Waals surface area contributed by atoms with Crippen LogP contribution in [0.15, 0.2) is 24.3 Å². The number of phenolic OH excluding ortho intramolecular Hbond substituents is 1. The van der Waals surface area contributed by atoms with E-state index in [1.165, 1.54) is 4.88 Å². The third-order valence-electron chi connectivity index (χ3n) is 2.68. The summed E-state index contributed by atoms with van der Waals surface area (Å²) in [4.78, 5) is 5.86. The molecule has 0 saturated carbocycles. The first kappa shape index (κ1) is 13.1. The van der Waals surface area contributed by atoms with Gasteiger partial charge in [0.15, 0.2) is 0 Å². The number of benzene rings is 1. The molecule has 2 aromatic rings. The van der Waals surface area contributed by atoms with Crippen molar-refractivity contribution in [3.05, 3.63) is 34.8 Å². The molecule has 0 atom stereocenters. The van der Waals surface area contributed by atoms with Crippen LogP contribution in [0.5, 0.6) is 5.75 Å². The second-order valence-corrected chi connectivity index (χ2v) is 5.69. The van der Waals surface area contributed by atoms with Crippen molar-refractivity contribution in [1.29, 1.82) is 0 Å². The van der Waals surface area contributed by atoms with Gasteiger partial charge in [0.05, 0.1) is 5.69 Å². The molecule has 0 saturated heterocycles. The van der Waals surface area contributed by atoms with Gasteiger partial charge in [0.2, 0.25) is 0 Å². The summed E-state index contributed by atoms with van der Waals surface area (Å²) in [7, 11) is 0. The van der Waals surface area contributed by atoms with Gasteiger partial charge < -0.3 is 10.4 Å². The van der Waals surface area contributed by atoms with Gasteiger partial charge in [0.25, 0.3) is 0 Å². The van der Waals surface area contributed by atoms with Crippen molar-refractivity contribution in [3.63, 3.8) is 0 Å². The summed E-state index contributed by atoms with van der Waals surface area (Å²) in [5, 5.41) is 13.7. The average molecular weight is 262 g/mol. The summed E-state index contributed by atoms with van der Waals surface area (Å²) >= 11 is 1.71. The molecular weight excluding hydrogens is 244 g/mol. The quantitative estimate of drug-likeness (QED) is 0.888. The number of aromatic nitrogens is 1. The smallest absolute Gasteiger partial charge is 0.123 e. The first-order valence-electron chi connectivity index (χ1n) is 6.05. The third-order valence-corrected chi connectivity index (χ3v) is 3.88. The number of rotatable bonds is 4.